The van der Waals surface area contributed by atoms with Crippen molar-refractivity contribution in [2.24, 2.45) is 0 Å². The van der Waals surface area contributed by atoms with Gasteiger partial charge < -0.3 is 14.9 Å². The first-order chi connectivity index (χ1) is 8.08. The van der Waals surface area contributed by atoms with E-state index in [-0.39, 0.29) is 69.6 Å². The van der Waals surface area contributed by atoms with Gasteiger partial charge in [-0.15, -0.1) is 0 Å². The Bertz CT molecular complexity index is 434. The summed E-state index contributed by atoms with van der Waals surface area (Å²) in [5.41, 5.74) is 0.413. The number of non-ortho nitro benzene ring substituents is 1. The minimum Gasteiger partial charge on any atom is -0.871 e. The molecular formula is C11H14N3O3Rb. The van der Waals surface area contributed by atoms with E-state index in [9.17, 15) is 15.2 Å². The monoisotopic (exact) mass is 321 g/mol. The number of piperazine rings is 1. The number of nitro groups is 1. The largest absolute Gasteiger partial charge is 1.00 e. The number of likely N-dealkylation sites (N-methyl/N-ethyl adjacent to an activating group) is 1. The smallest absolute Gasteiger partial charge is 0.871 e. The van der Waals surface area contributed by atoms with E-state index in [1.165, 1.54) is 6.07 Å². The molecule has 0 N–H and O–H groups in total. The van der Waals surface area contributed by atoms with Crippen LogP contribution >= 0.6 is 0 Å². The molecule has 1 saturated heterocycles. The zero-order chi connectivity index (χ0) is 12.4. The molecule has 0 bridgehead atoms. The zero-order valence-electron chi connectivity index (χ0n) is 10.6. The van der Waals surface area contributed by atoms with Crippen molar-refractivity contribution in [2.75, 3.05) is 38.1 Å². The van der Waals surface area contributed by atoms with Crippen LogP contribution in [0.15, 0.2) is 18.2 Å². The van der Waals surface area contributed by atoms with Crippen LogP contribution in [0.25, 0.3) is 0 Å². The summed E-state index contributed by atoms with van der Waals surface area (Å²) in [5.74, 6) is -0.274. The predicted molar refractivity (Wildman–Crippen MR) is 62.3 cm³/mol. The van der Waals surface area contributed by atoms with Gasteiger partial charge in [-0.3, -0.25) is 10.1 Å². The van der Waals surface area contributed by atoms with Crippen LogP contribution < -0.4 is 68.2 Å². The van der Waals surface area contributed by atoms with Crippen molar-refractivity contribution in [1.29, 1.82) is 0 Å². The summed E-state index contributed by atoms with van der Waals surface area (Å²) in [6.45, 7) is 3.36. The minimum absolute atomic E-state index is 0. The van der Waals surface area contributed by atoms with E-state index in [1.807, 2.05) is 11.9 Å². The average Bonchev–Trinajstić information content (AvgIpc) is 2.30. The van der Waals surface area contributed by atoms with Crippen LogP contribution in [-0.2, 0) is 0 Å². The molecule has 6 nitrogen and oxygen atoms in total. The summed E-state index contributed by atoms with van der Waals surface area (Å²) in [7, 11) is 2.03. The summed E-state index contributed by atoms with van der Waals surface area (Å²) in [6, 6.07) is 4.02. The molecule has 0 unspecified atom stereocenters. The second-order valence-corrected chi connectivity index (χ2v) is 4.20. The predicted octanol–water partition coefficient (Wildman–Crippen LogP) is -2.58. The SMILES string of the molecule is CN1CCN(c2ccc([N+](=O)[O-])cc2[O-])CC1.[Rb+]. The Morgan fingerprint density at radius 2 is 1.83 bits per heavy atom. The van der Waals surface area contributed by atoms with Crippen molar-refractivity contribution in [3.63, 3.8) is 0 Å². The zero-order valence-corrected chi connectivity index (χ0v) is 15.5. The van der Waals surface area contributed by atoms with Crippen molar-refractivity contribution in [1.82, 2.24) is 4.90 Å². The third-order valence-corrected chi connectivity index (χ3v) is 3.00. The maximum atomic E-state index is 11.8. The van der Waals surface area contributed by atoms with Crippen molar-refractivity contribution < 1.29 is 68.2 Å². The summed E-state index contributed by atoms with van der Waals surface area (Å²) in [5, 5.41) is 22.3. The van der Waals surface area contributed by atoms with Crippen molar-refractivity contribution >= 4 is 11.4 Å². The van der Waals surface area contributed by atoms with E-state index in [2.05, 4.69) is 4.90 Å². The van der Waals surface area contributed by atoms with Gasteiger partial charge in [0.05, 0.1) is 4.92 Å². The molecule has 1 aromatic carbocycles. The van der Waals surface area contributed by atoms with Gasteiger partial charge in [-0.1, -0.05) is 5.75 Å². The van der Waals surface area contributed by atoms with E-state index < -0.39 is 4.92 Å². The maximum absolute atomic E-state index is 11.8. The fraction of sp³-hybridized carbons (Fsp3) is 0.455. The molecule has 0 amide bonds. The molecule has 0 saturated carbocycles. The Morgan fingerprint density at radius 1 is 1.22 bits per heavy atom. The number of anilines is 1. The number of nitro benzene ring substituents is 1. The van der Waals surface area contributed by atoms with Gasteiger partial charge in [0, 0.05) is 44.0 Å². The van der Waals surface area contributed by atoms with Gasteiger partial charge in [0.2, 0.25) is 0 Å². The molecule has 0 aliphatic carbocycles. The molecule has 18 heavy (non-hydrogen) atoms. The van der Waals surface area contributed by atoms with Gasteiger partial charge in [0.15, 0.2) is 0 Å². The molecule has 0 atom stereocenters. The molecule has 2 rings (SSSR count). The molecule has 1 fully saturated rings. The molecule has 0 aromatic heterocycles. The third kappa shape index (κ3) is 3.74. The number of hydrogen-bond acceptors (Lipinski definition) is 5. The van der Waals surface area contributed by atoms with Gasteiger partial charge in [-0.05, 0) is 13.1 Å². The molecule has 0 spiro atoms. The van der Waals surface area contributed by atoms with E-state index >= 15 is 0 Å². The van der Waals surface area contributed by atoms with Gasteiger partial charge in [0.1, 0.15) is 0 Å². The van der Waals surface area contributed by atoms with Crippen LogP contribution in [0, 0.1) is 10.1 Å². The summed E-state index contributed by atoms with van der Waals surface area (Å²) >= 11 is 0. The standard InChI is InChI=1S/C11H15N3O3.Rb/c1-12-4-6-13(7-5-12)10-3-2-9(14(16)17)8-11(10)15;/h2-3,8,15H,4-7H2,1H3;/q;+1/p-1. The second kappa shape index (κ2) is 6.95. The Kier molecular flexibility index (Phi) is 6.20. The normalized spacial score (nSPS) is 16.2. The fourth-order valence-electron chi connectivity index (χ4n) is 1.92. The van der Waals surface area contributed by atoms with Gasteiger partial charge in [0.25, 0.3) is 5.69 Å². The molecule has 1 aliphatic rings. The molecule has 7 heteroatoms. The van der Waals surface area contributed by atoms with Crippen molar-refractivity contribution in [2.45, 2.75) is 0 Å². The Hall–Kier alpha value is -0.0148. The second-order valence-electron chi connectivity index (χ2n) is 4.20. The molecular weight excluding hydrogens is 308 g/mol. The average molecular weight is 322 g/mol. The van der Waals surface area contributed by atoms with Crippen LogP contribution in [0.4, 0.5) is 11.4 Å². The van der Waals surface area contributed by atoms with Crippen LogP contribution in [0.3, 0.4) is 0 Å². The Labute approximate surface area is 155 Å². The first kappa shape index (κ1) is 16.0. The summed E-state index contributed by atoms with van der Waals surface area (Å²) in [6.07, 6.45) is 0. The van der Waals surface area contributed by atoms with Gasteiger partial charge in [-0.25, -0.2) is 0 Å². The number of hydrogen-bond donors (Lipinski definition) is 0. The number of rotatable bonds is 2. The first-order valence-electron chi connectivity index (χ1n) is 5.47. The number of benzene rings is 1. The first-order valence-corrected chi connectivity index (χ1v) is 5.47. The molecule has 0 radical (unpaired) electrons. The summed E-state index contributed by atoms with van der Waals surface area (Å²) in [4.78, 5) is 14.1. The van der Waals surface area contributed by atoms with E-state index in [1.54, 1.807) is 6.07 Å². The van der Waals surface area contributed by atoms with E-state index in [4.69, 9.17) is 0 Å². The number of nitrogens with zero attached hydrogens (tertiary/aromatic N) is 3. The van der Waals surface area contributed by atoms with Crippen molar-refractivity contribution in [3.8, 4) is 5.75 Å². The topological polar surface area (TPSA) is 72.7 Å². The minimum atomic E-state index is -0.546. The Balaban J connectivity index is 0.00000162. The van der Waals surface area contributed by atoms with Crippen LogP contribution in [0.5, 0.6) is 5.75 Å². The molecule has 92 valence electrons. The Morgan fingerprint density at radius 3 is 2.33 bits per heavy atom. The molecule has 1 aliphatic heterocycles. The quantitative estimate of drug-likeness (QED) is 0.442. The van der Waals surface area contributed by atoms with Crippen LogP contribution in [-0.4, -0.2) is 43.0 Å². The van der Waals surface area contributed by atoms with Gasteiger partial charge >= 0.3 is 58.2 Å². The maximum Gasteiger partial charge on any atom is 1.00 e. The molecule has 1 heterocycles. The fourth-order valence-corrected chi connectivity index (χ4v) is 1.92. The van der Waals surface area contributed by atoms with Crippen LogP contribution in [0.1, 0.15) is 0 Å². The third-order valence-electron chi connectivity index (χ3n) is 3.00. The van der Waals surface area contributed by atoms with Crippen molar-refractivity contribution in [3.05, 3.63) is 28.3 Å². The molecule has 1 aromatic rings. The summed E-state index contributed by atoms with van der Waals surface area (Å²) < 4.78 is 0. The van der Waals surface area contributed by atoms with Gasteiger partial charge in [-0.2, -0.15) is 0 Å². The van der Waals surface area contributed by atoms with E-state index in [0.717, 1.165) is 32.2 Å². The van der Waals surface area contributed by atoms with E-state index in [0.29, 0.717) is 5.69 Å². The van der Waals surface area contributed by atoms with Crippen LogP contribution in [0.2, 0.25) is 0 Å².